The van der Waals surface area contributed by atoms with E-state index in [1.54, 1.807) is 13.1 Å². The maximum atomic E-state index is 11.8. The molecule has 2 aromatic rings. The predicted molar refractivity (Wildman–Crippen MR) is 137 cm³/mol. The number of nitrogens with one attached hydrogen (secondary N) is 3. The highest BCUT2D eigenvalue weighted by Crippen LogP contribution is 2.14. The molecule has 2 aromatic carbocycles. The number of nitro benzene ring substituents is 1. The summed E-state index contributed by atoms with van der Waals surface area (Å²) in [4.78, 5) is 26.4. The maximum absolute atomic E-state index is 11.8. The first-order valence-corrected chi connectivity index (χ1v) is 9.93. The predicted octanol–water partition coefficient (Wildman–Crippen LogP) is 4.47. The van der Waals surface area contributed by atoms with E-state index in [4.69, 9.17) is 4.74 Å². The van der Waals surface area contributed by atoms with Crippen LogP contribution in [0.15, 0.2) is 53.5 Å². The monoisotopic (exact) mass is 555 g/mol. The van der Waals surface area contributed by atoms with Crippen molar-refractivity contribution >= 4 is 47.4 Å². The summed E-state index contributed by atoms with van der Waals surface area (Å²) < 4.78 is 5.24. The number of aliphatic imine (C=N–C) groups is 1. The second-order valence-electron chi connectivity index (χ2n) is 7.85. The van der Waals surface area contributed by atoms with Crippen LogP contribution in [0, 0.1) is 10.1 Å². The summed E-state index contributed by atoms with van der Waals surface area (Å²) in [6.07, 6.45) is 0.269. The van der Waals surface area contributed by atoms with E-state index in [0.29, 0.717) is 24.7 Å². The highest BCUT2D eigenvalue weighted by atomic mass is 127. The first-order valence-electron chi connectivity index (χ1n) is 9.93. The van der Waals surface area contributed by atoms with Crippen molar-refractivity contribution < 1.29 is 14.5 Å². The summed E-state index contributed by atoms with van der Waals surface area (Å²) in [7, 11) is 1.67. The number of hydrogen-bond acceptors (Lipinski definition) is 5. The number of nitrogens with zero attached hydrogens (tertiary/aromatic N) is 2. The zero-order valence-corrected chi connectivity index (χ0v) is 21.0. The van der Waals surface area contributed by atoms with E-state index in [1.807, 2.05) is 51.1 Å². The molecular weight excluding hydrogens is 525 g/mol. The van der Waals surface area contributed by atoms with Crippen LogP contribution in [0.2, 0.25) is 0 Å². The molecule has 0 aliphatic heterocycles. The molecule has 0 aromatic heterocycles. The molecule has 0 unspecified atom stereocenters. The van der Waals surface area contributed by atoms with Gasteiger partial charge in [0.2, 0.25) is 0 Å². The third kappa shape index (κ3) is 9.94. The fourth-order valence-corrected chi connectivity index (χ4v) is 2.69. The molecule has 2 rings (SSSR count). The van der Waals surface area contributed by atoms with Crippen molar-refractivity contribution in [3.63, 3.8) is 0 Å². The standard InChI is InChI=1S/C22H29N5O4.HI/c1-22(2,3)31-21(28)26-18-10-8-16(9-11-18)12-13-24-20(23-4)25-15-17-6-5-7-19(14-17)27(29)30;/h5-11,14H,12-13,15H2,1-4H3,(H,26,28)(H2,23,24,25);1H. The number of carbonyl (C=O) groups excluding carboxylic acids is 1. The Morgan fingerprint density at radius 3 is 2.38 bits per heavy atom. The van der Waals surface area contributed by atoms with Crippen LogP contribution < -0.4 is 16.0 Å². The lowest BCUT2D eigenvalue weighted by atomic mass is 10.1. The van der Waals surface area contributed by atoms with E-state index < -0.39 is 16.6 Å². The van der Waals surface area contributed by atoms with Gasteiger partial charge in [0.25, 0.3) is 5.69 Å². The van der Waals surface area contributed by atoms with Gasteiger partial charge in [0.1, 0.15) is 5.60 Å². The molecule has 0 atom stereocenters. The van der Waals surface area contributed by atoms with E-state index in [9.17, 15) is 14.9 Å². The smallest absolute Gasteiger partial charge is 0.412 e. The third-order valence-electron chi connectivity index (χ3n) is 4.11. The van der Waals surface area contributed by atoms with Crippen molar-refractivity contribution in [2.24, 2.45) is 4.99 Å². The topological polar surface area (TPSA) is 118 Å². The van der Waals surface area contributed by atoms with Gasteiger partial charge in [-0.15, -0.1) is 24.0 Å². The Labute approximate surface area is 205 Å². The molecule has 0 radical (unpaired) electrons. The summed E-state index contributed by atoms with van der Waals surface area (Å²) in [6, 6.07) is 14.0. The molecule has 174 valence electrons. The minimum Gasteiger partial charge on any atom is -0.444 e. The molecular formula is C22H30IN5O4. The van der Waals surface area contributed by atoms with Crippen LogP contribution in [0.25, 0.3) is 0 Å². The number of amides is 1. The Kier molecular flexibility index (Phi) is 10.9. The zero-order valence-electron chi connectivity index (χ0n) is 18.7. The lowest BCUT2D eigenvalue weighted by Crippen LogP contribution is -2.37. The number of hydrogen-bond donors (Lipinski definition) is 3. The minimum absolute atomic E-state index is 0. The summed E-state index contributed by atoms with van der Waals surface area (Å²) in [5, 5.41) is 19.9. The Morgan fingerprint density at radius 2 is 1.78 bits per heavy atom. The van der Waals surface area contributed by atoms with Crippen LogP contribution >= 0.6 is 24.0 Å². The molecule has 0 aliphatic carbocycles. The molecule has 0 saturated carbocycles. The van der Waals surface area contributed by atoms with Crippen molar-refractivity contribution in [2.75, 3.05) is 18.9 Å². The van der Waals surface area contributed by atoms with Gasteiger partial charge < -0.3 is 15.4 Å². The Bertz CT molecular complexity index is 927. The van der Waals surface area contributed by atoms with E-state index in [-0.39, 0.29) is 29.7 Å². The van der Waals surface area contributed by atoms with Crippen LogP contribution in [0.5, 0.6) is 0 Å². The number of non-ortho nitro benzene ring substituents is 1. The number of halogens is 1. The van der Waals surface area contributed by atoms with E-state index in [2.05, 4.69) is 20.9 Å². The molecule has 3 N–H and O–H groups in total. The number of benzene rings is 2. The normalized spacial score (nSPS) is 11.2. The van der Waals surface area contributed by atoms with Gasteiger partial charge in [-0.3, -0.25) is 20.4 Å². The average molecular weight is 555 g/mol. The zero-order chi connectivity index (χ0) is 22.9. The number of rotatable bonds is 7. The molecule has 10 heteroatoms. The number of nitro groups is 1. The van der Waals surface area contributed by atoms with Crippen LogP contribution in [0.1, 0.15) is 31.9 Å². The molecule has 0 bridgehead atoms. The molecule has 9 nitrogen and oxygen atoms in total. The fraction of sp³-hybridized carbons (Fsp3) is 0.364. The van der Waals surface area contributed by atoms with Gasteiger partial charge in [0.15, 0.2) is 5.96 Å². The first-order chi connectivity index (χ1) is 14.7. The van der Waals surface area contributed by atoms with Crippen LogP contribution in [0.4, 0.5) is 16.2 Å². The second kappa shape index (κ2) is 12.8. The summed E-state index contributed by atoms with van der Waals surface area (Å²) >= 11 is 0. The first kappa shape index (κ1) is 27.1. The number of anilines is 1. The highest BCUT2D eigenvalue weighted by Gasteiger charge is 2.16. The van der Waals surface area contributed by atoms with Crippen molar-refractivity contribution in [3.8, 4) is 0 Å². The number of carbonyl (C=O) groups is 1. The Balaban J connectivity index is 0.00000512. The molecule has 0 spiro atoms. The lowest BCUT2D eigenvalue weighted by molar-refractivity contribution is -0.384. The van der Waals surface area contributed by atoms with Crippen LogP contribution in [0.3, 0.4) is 0 Å². The summed E-state index contributed by atoms with van der Waals surface area (Å²) in [6.45, 7) is 6.51. The molecule has 0 fully saturated rings. The molecule has 0 heterocycles. The molecule has 0 aliphatic rings. The Morgan fingerprint density at radius 1 is 1.09 bits per heavy atom. The summed E-state index contributed by atoms with van der Waals surface area (Å²) in [5.74, 6) is 0.606. The van der Waals surface area contributed by atoms with Gasteiger partial charge in [-0.05, 0) is 50.5 Å². The van der Waals surface area contributed by atoms with Crippen molar-refractivity contribution in [1.29, 1.82) is 0 Å². The van der Waals surface area contributed by atoms with Gasteiger partial charge in [-0.2, -0.15) is 0 Å². The average Bonchev–Trinajstić information content (AvgIpc) is 2.70. The lowest BCUT2D eigenvalue weighted by Gasteiger charge is -2.19. The summed E-state index contributed by atoms with van der Waals surface area (Å²) in [5.41, 5.74) is 2.08. The highest BCUT2D eigenvalue weighted by molar-refractivity contribution is 14.0. The van der Waals surface area contributed by atoms with Crippen LogP contribution in [-0.4, -0.2) is 36.2 Å². The maximum Gasteiger partial charge on any atom is 0.412 e. The van der Waals surface area contributed by atoms with Crippen molar-refractivity contribution in [3.05, 3.63) is 69.8 Å². The van der Waals surface area contributed by atoms with Gasteiger partial charge >= 0.3 is 6.09 Å². The van der Waals surface area contributed by atoms with E-state index in [1.165, 1.54) is 12.1 Å². The van der Waals surface area contributed by atoms with Gasteiger partial charge in [0, 0.05) is 38.0 Å². The number of ether oxygens (including phenoxy) is 1. The van der Waals surface area contributed by atoms with Gasteiger partial charge in [0.05, 0.1) is 4.92 Å². The largest absolute Gasteiger partial charge is 0.444 e. The van der Waals surface area contributed by atoms with Crippen molar-refractivity contribution in [2.45, 2.75) is 39.3 Å². The van der Waals surface area contributed by atoms with E-state index >= 15 is 0 Å². The quantitative estimate of drug-likeness (QED) is 0.153. The fourth-order valence-electron chi connectivity index (χ4n) is 2.69. The van der Waals surface area contributed by atoms with Gasteiger partial charge in [-0.25, -0.2) is 4.79 Å². The molecule has 32 heavy (non-hydrogen) atoms. The Hall–Kier alpha value is -2.89. The van der Waals surface area contributed by atoms with Crippen molar-refractivity contribution in [1.82, 2.24) is 10.6 Å². The second-order valence-corrected chi connectivity index (χ2v) is 7.85. The minimum atomic E-state index is -0.544. The van der Waals surface area contributed by atoms with E-state index in [0.717, 1.165) is 17.5 Å². The third-order valence-corrected chi connectivity index (χ3v) is 4.11. The number of guanidine groups is 1. The van der Waals surface area contributed by atoms with Gasteiger partial charge in [-0.1, -0.05) is 24.3 Å². The molecule has 1 amide bonds. The molecule has 0 saturated heterocycles. The SMILES string of the molecule is CN=C(NCCc1ccc(NC(=O)OC(C)(C)C)cc1)NCc1cccc([N+](=O)[O-])c1.I. The van der Waals surface area contributed by atoms with Crippen LogP contribution in [-0.2, 0) is 17.7 Å².